The Labute approximate surface area is 144 Å². The number of halogens is 1. The largest absolute Gasteiger partial charge is 0.439 e. The third-order valence-electron chi connectivity index (χ3n) is 3.18. The molecule has 0 spiro atoms. The molecule has 1 heterocycles. The molecule has 3 aromatic rings. The summed E-state index contributed by atoms with van der Waals surface area (Å²) in [6.45, 7) is 0. The predicted molar refractivity (Wildman–Crippen MR) is 91.5 cm³/mol. The second-order valence-corrected chi connectivity index (χ2v) is 5.46. The van der Waals surface area contributed by atoms with Gasteiger partial charge in [-0.1, -0.05) is 29.8 Å². The summed E-state index contributed by atoms with van der Waals surface area (Å²) >= 11 is 5.82. The molecule has 0 saturated carbocycles. The van der Waals surface area contributed by atoms with Crippen LogP contribution in [0.25, 0.3) is 0 Å². The summed E-state index contributed by atoms with van der Waals surface area (Å²) in [5.41, 5.74) is 0.847. The molecule has 0 aliphatic rings. The zero-order chi connectivity index (χ0) is 16.8. The number of pyridine rings is 1. The standard InChI is InChI=1S/C19H14ClNO3/c20-15-6-4-14(5-7-15)13-19(22)24-17-10-8-16(9-11-17)23-18-3-1-2-12-21-18/h1-12H,13H2. The number of carbonyl (C=O) groups is 1. The predicted octanol–water partition coefficient (Wildman–Crippen LogP) is 4.68. The van der Waals surface area contributed by atoms with Crippen LogP contribution >= 0.6 is 11.6 Å². The second kappa shape index (κ2) is 7.62. The van der Waals surface area contributed by atoms with Crippen molar-refractivity contribution in [2.24, 2.45) is 0 Å². The minimum atomic E-state index is -0.337. The van der Waals surface area contributed by atoms with E-state index in [1.807, 2.05) is 12.1 Å². The summed E-state index contributed by atoms with van der Waals surface area (Å²) in [7, 11) is 0. The van der Waals surface area contributed by atoms with Crippen LogP contribution in [0.3, 0.4) is 0 Å². The van der Waals surface area contributed by atoms with E-state index in [1.165, 1.54) is 0 Å². The van der Waals surface area contributed by atoms with Crippen molar-refractivity contribution in [1.82, 2.24) is 4.98 Å². The average Bonchev–Trinajstić information content (AvgIpc) is 2.60. The van der Waals surface area contributed by atoms with E-state index in [-0.39, 0.29) is 12.4 Å². The SMILES string of the molecule is O=C(Cc1ccc(Cl)cc1)Oc1ccc(Oc2ccccn2)cc1. The van der Waals surface area contributed by atoms with Gasteiger partial charge in [-0.05, 0) is 48.0 Å². The van der Waals surface area contributed by atoms with Crippen LogP contribution in [0.1, 0.15) is 5.56 Å². The van der Waals surface area contributed by atoms with Gasteiger partial charge in [0.1, 0.15) is 11.5 Å². The Kier molecular flexibility index (Phi) is 5.08. The Bertz CT molecular complexity index is 802. The lowest BCUT2D eigenvalue weighted by atomic mass is 10.1. The minimum Gasteiger partial charge on any atom is -0.439 e. The van der Waals surface area contributed by atoms with Crippen molar-refractivity contribution < 1.29 is 14.3 Å². The van der Waals surface area contributed by atoms with E-state index in [0.29, 0.717) is 22.4 Å². The van der Waals surface area contributed by atoms with Gasteiger partial charge in [0.2, 0.25) is 5.88 Å². The molecule has 0 N–H and O–H groups in total. The van der Waals surface area contributed by atoms with Crippen LogP contribution in [0, 0.1) is 0 Å². The molecule has 0 saturated heterocycles. The number of aromatic nitrogens is 1. The fourth-order valence-electron chi connectivity index (χ4n) is 2.04. The zero-order valence-electron chi connectivity index (χ0n) is 12.7. The quantitative estimate of drug-likeness (QED) is 0.500. The molecule has 3 rings (SSSR count). The molecule has 4 nitrogen and oxygen atoms in total. The summed E-state index contributed by atoms with van der Waals surface area (Å²) in [6.07, 6.45) is 1.84. The third kappa shape index (κ3) is 4.57. The van der Waals surface area contributed by atoms with Crippen LogP contribution in [0.5, 0.6) is 17.4 Å². The number of ether oxygens (including phenoxy) is 2. The van der Waals surface area contributed by atoms with Crippen LogP contribution in [0.4, 0.5) is 0 Å². The van der Waals surface area contributed by atoms with Gasteiger partial charge in [-0.15, -0.1) is 0 Å². The lowest BCUT2D eigenvalue weighted by molar-refractivity contribution is -0.133. The monoisotopic (exact) mass is 339 g/mol. The highest BCUT2D eigenvalue weighted by Gasteiger charge is 2.07. The van der Waals surface area contributed by atoms with E-state index in [2.05, 4.69) is 4.98 Å². The zero-order valence-corrected chi connectivity index (χ0v) is 13.4. The van der Waals surface area contributed by atoms with E-state index in [0.717, 1.165) is 5.56 Å². The normalized spacial score (nSPS) is 10.2. The first-order valence-electron chi connectivity index (χ1n) is 7.33. The van der Waals surface area contributed by atoms with E-state index >= 15 is 0 Å². The summed E-state index contributed by atoms with van der Waals surface area (Å²) in [5, 5.41) is 0.635. The molecular weight excluding hydrogens is 326 g/mol. The van der Waals surface area contributed by atoms with Crippen molar-refractivity contribution in [1.29, 1.82) is 0 Å². The lowest BCUT2D eigenvalue weighted by Gasteiger charge is -2.07. The molecule has 0 radical (unpaired) electrons. The molecule has 120 valence electrons. The summed E-state index contributed by atoms with van der Waals surface area (Å²) in [5.74, 6) is 1.24. The first-order valence-corrected chi connectivity index (χ1v) is 7.71. The van der Waals surface area contributed by atoms with E-state index in [9.17, 15) is 4.79 Å². The van der Waals surface area contributed by atoms with E-state index in [4.69, 9.17) is 21.1 Å². The first kappa shape index (κ1) is 16.0. The van der Waals surface area contributed by atoms with Crippen LogP contribution < -0.4 is 9.47 Å². The Hall–Kier alpha value is -2.85. The van der Waals surface area contributed by atoms with Crippen LogP contribution in [0.15, 0.2) is 72.9 Å². The van der Waals surface area contributed by atoms with Gasteiger partial charge in [0.05, 0.1) is 6.42 Å². The molecule has 2 aromatic carbocycles. The second-order valence-electron chi connectivity index (χ2n) is 5.02. The Balaban J connectivity index is 1.57. The Morgan fingerprint density at radius 2 is 1.62 bits per heavy atom. The first-order chi connectivity index (χ1) is 11.7. The molecule has 5 heteroatoms. The van der Waals surface area contributed by atoms with Crippen molar-refractivity contribution in [2.75, 3.05) is 0 Å². The van der Waals surface area contributed by atoms with Gasteiger partial charge in [0.25, 0.3) is 0 Å². The number of esters is 1. The summed E-state index contributed by atoms with van der Waals surface area (Å²) < 4.78 is 10.9. The fraction of sp³-hybridized carbons (Fsp3) is 0.0526. The molecule has 0 fully saturated rings. The van der Waals surface area contributed by atoms with Crippen LogP contribution in [-0.4, -0.2) is 11.0 Å². The van der Waals surface area contributed by atoms with Gasteiger partial charge in [-0.25, -0.2) is 4.98 Å². The molecule has 0 bridgehead atoms. The minimum absolute atomic E-state index is 0.184. The molecule has 24 heavy (non-hydrogen) atoms. The van der Waals surface area contributed by atoms with Crippen molar-refractivity contribution in [3.63, 3.8) is 0 Å². The maximum absolute atomic E-state index is 11.9. The Morgan fingerprint density at radius 1 is 0.917 bits per heavy atom. The summed E-state index contributed by atoms with van der Waals surface area (Å²) in [6, 6.07) is 19.3. The van der Waals surface area contributed by atoms with Crippen molar-refractivity contribution >= 4 is 17.6 Å². The van der Waals surface area contributed by atoms with E-state index < -0.39 is 0 Å². The molecule has 0 amide bonds. The molecule has 0 unspecified atom stereocenters. The highest BCUT2D eigenvalue weighted by atomic mass is 35.5. The van der Waals surface area contributed by atoms with Gasteiger partial charge in [0.15, 0.2) is 0 Å². The van der Waals surface area contributed by atoms with Gasteiger partial charge in [0, 0.05) is 17.3 Å². The van der Waals surface area contributed by atoms with Crippen LogP contribution in [-0.2, 0) is 11.2 Å². The van der Waals surface area contributed by atoms with Gasteiger partial charge >= 0.3 is 5.97 Å². The smallest absolute Gasteiger partial charge is 0.315 e. The maximum Gasteiger partial charge on any atom is 0.315 e. The highest BCUT2D eigenvalue weighted by molar-refractivity contribution is 6.30. The number of carbonyl (C=O) groups excluding carboxylic acids is 1. The van der Waals surface area contributed by atoms with E-state index in [1.54, 1.807) is 60.8 Å². The topological polar surface area (TPSA) is 48.4 Å². The maximum atomic E-state index is 11.9. The third-order valence-corrected chi connectivity index (χ3v) is 3.43. The highest BCUT2D eigenvalue weighted by Crippen LogP contribution is 2.22. The molecule has 1 aromatic heterocycles. The number of hydrogen-bond acceptors (Lipinski definition) is 4. The number of nitrogens with zero attached hydrogens (tertiary/aromatic N) is 1. The molecule has 0 aliphatic heterocycles. The van der Waals surface area contributed by atoms with Gasteiger partial charge in [-0.2, -0.15) is 0 Å². The van der Waals surface area contributed by atoms with Crippen molar-refractivity contribution in [3.05, 3.63) is 83.5 Å². The molecule has 0 atom stereocenters. The Morgan fingerprint density at radius 3 is 2.29 bits per heavy atom. The average molecular weight is 340 g/mol. The van der Waals surface area contributed by atoms with Gasteiger partial charge < -0.3 is 9.47 Å². The molecule has 0 aliphatic carbocycles. The summed E-state index contributed by atoms with van der Waals surface area (Å²) in [4.78, 5) is 16.0. The van der Waals surface area contributed by atoms with Crippen LogP contribution in [0.2, 0.25) is 5.02 Å². The van der Waals surface area contributed by atoms with Gasteiger partial charge in [-0.3, -0.25) is 4.79 Å². The number of hydrogen-bond donors (Lipinski definition) is 0. The van der Waals surface area contributed by atoms with Crippen molar-refractivity contribution in [3.8, 4) is 17.4 Å². The fourth-order valence-corrected chi connectivity index (χ4v) is 2.17. The molecular formula is C19H14ClNO3. The number of benzene rings is 2. The lowest BCUT2D eigenvalue weighted by Crippen LogP contribution is -2.11. The van der Waals surface area contributed by atoms with Crippen molar-refractivity contribution in [2.45, 2.75) is 6.42 Å². The number of rotatable bonds is 5.